The summed E-state index contributed by atoms with van der Waals surface area (Å²) in [6, 6.07) is 9.12. The van der Waals surface area contributed by atoms with Crippen LogP contribution in [0.1, 0.15) is 17.2 Å². The zero-order valence-corrected chi connectivity index (χ0v) is 9.85. The van der Waals surface area contributed by atoms with Crippen molar-refractivity contribution in [1.82, 2.24) is 9.78 Å². The number of rotatable bonds is 4. The molecule has 2 aromatic rings. The molecule has 0 aliphatic carbocycles. The van der Waals surface area contributed by atoms with Gasteiger partial charge in [0.25, 0.3) is 0 Å². The maximum absolute atomic E-state index is 10.7. The van der Waals surface area contributed by atoms with Gasteiger partial charge in [-0.2, -0.15) is 4.68 Å². The molecule has 1 N–H and O–H groups in total. The quantitative estimate of drug-likeness (QED) is 0.660. The molecule has 1 atom stereocenters. The smallest absolute Gasteiger partial charge is 0.386 e. The van der Waals surface area contributed by atoms with E-state index < -0.39 is 11.0 Å². The maximum atomic E-state index is 10.7. The third kappa shape index (κ3) is 2.54. The van der Waals surface area contributed by atoms with Crippen molar-refractivity contribution in [2.45, 2.75) is 19.6 Å². The van der Waals surface area contributed by atoms with Crippen molar-refractivity contribution in [1.29, 1.82) is 0 Å². The first-order valence-electron chi connectivity index (χ1n) is 5.49. The highest BCUT2D eigenvalue weighted by atomic mass is 16.6. The molecule has 2 rings (SSSR count). The zero-order chi connectivity index (χ0) is 13.1. The Hall–Kier alpha value is -2.21. The molecule has 0 aliphatic rings. The number of hydrogen-bond acceptors (Lipinski definition) is 4. The number of nitro groups is 1. The molecule has 0 radical (unpaired) electrons. The van der Waals surface area contributed by atoms with Gasteiger partial charge < -0.3 is 15.2 Å². The topological polar surface area (TPSA) is 81.2 Å². The lowest BCUT2D eigenvalue weighted by Gasteiger charge is -2.08. The van der Waals surface area contributed by atoms with Crippen molar-refractivity contribution in [2.24, 2.45) is 0 Å². The normalized spacial score (nSPS) is 12.3. The van der Waals surface area contributed by atoms with Gasteiger partial charge in [0.1, 0.15) is 6.10 Å². The van der Waals surface area contributed by atoms with E-state index in [2.05, 4.69) is 5.10 Å². The highest BCUT2D eigenvalue weighted by Gasteiger charge is 2.19. The second kappa shape index (κ2) is 4.97. The van der Waals surface area contributed by atoms with Crippen LogP contribution in [-0.4, -0.2) is 19.8 Å². The third-order valence-corrected chi connectivity index (χ3v) is 2.64. The van der Waals surface area contributed by atoms with Crippen LogP contribution in [0.2, 0.25) is 0 Å². The van der Waals surface area contributed by atoms with Crippen LogP contribution in [0.25, 0.3) is 0 Å². The van der Waals surface area contributed by atoms with Crippen LogP contribution >= 0.6 is 0 Å². The molecule has 1 aromatic heterocycles. The lowest BCUT2D eigenvalue weighted by molar-refractivity contribution is -0.390. The number of aliphatic hydroxyl groups excluding tert-OH is 1. The summed E-state index contributed by atoms with van der Waals surface area (Å²) < 4.78 is 1.39. The molecule has 1 heterocycles. The number of aliphatic hydroxyl groups is 1. The number of nitrogens with zero attached hydrogens (tertiary/aromatic N) is 3. The Morgan fingerprint density at radius 2 is 2.11 bits per heavy atom. The molecule has 0 aliphatic heterocycles. The van der Waals surface area contributed by atoms with Gasteiger partial charge in [-0.3, -0.25) is 0 Å². The van der Waals surface area contributed by atoms with Gasteiger partial charge in [-0.25, -0.2) is 0 Å². The van der Waals surface area contributed by atoms with Crippen molar-refractivity contribution in [3.05, 3.63) is 57.8 Å². The molecule has 0 fully saturated rings. The average molecular weight is 247 g/mol. The minimum Gasteiger partial charge on any atom is -0.386 e. The Morgan fingerprint density at radius 3 is 2.67 bits per heavy atom. The molecule has 6 heteroatoms. The monoisotopic (exact) mass is 247 g/mol. The lowest BCUT2D eigenvalue weighted by Crippen LogP contribution is -2.09. The minimum absolute atomic E-state index is 0.171. The van der Waals surface area contributed by atoms with Crippen molar-refractivity contribution in [2.75, 3.05) is 0 Å². The largest absolute Gasteiger partial charge is 0.392 e. The molecular formula is C12H13N3O3. The van der Waals surface area contributed by atoms with Crippen LogP contribution < -0.4 is 0 Å². The van der Waals surface area contributed by atoms with Crippen LogP contribution in [0.15, 0.2) is 36.5 Å². The molecule has 6 nitrogen and oxygen atoms in total. The molecule has 0 saturated heterocycles. The van der Waals surface area contributed by atoms with E-state index in [0.717, 1.165) is 5.56 Å². The Bertz CT molecular complexity index is 551. The van der Waals surface area contributed by atoms with Gasteiger partial charge in [-0.05, 0) is 17.4 Å². The van der Waals surface area contributed by atoms with Crippen LogP contribution in [0.5, 0.6) is 0 Å². The van der Waals surface area contributed by atoms with Crippen molar-refractivity contribution < 1.29 is 10.0 Å². The average Bonchev–Trinajstić information content (AvgIpc) is 2.71. The van der Waals surface area contributed by atoms with Crippen LogP contribution in [-0.2, 0) is 6.54 Å². The fourth-order valence-corrected chi connectivity index (χ4v) is 1.74. The molecule has 18 heavy (non-hydrogen) atoms. The summed E-state index contributed by atoms with van der Waals surface area (Å²) in [6.07, 6.45) is 0.828. The minimum atomic E-state index is -0.731. The van der Waals surface area contributed by atoms with E-state index >= 15 is 0 Å². The highest BCUT2D eigenvalue weighted by molar-refractivity contribution is 5.28. The van der Waals surface area contributed by atoms with Gasteiger partial charge >= 0.3 is 5.82 Å². The van der Waals surface area contributed by atoms with E-state index in [-0.39, 0.29) is 12.4 Å². The van der Waals surface area contributed by atoms with Crippen molar-refractivity contribution >= 4 is 5.82 Å². The molecule has 94 valence electrons. The van der Waals surface area contributed by atoms with Gasteiger partial charge in [-0.1, -0.05) is 30.3 Å². The van der Waals surface area contributed by atoms with Crippen molar-refractivity contribution in [3.63, 3.8) is 0 Å². The summed E-state index contributed by atoms with van der Waals surface area (Å²) in [4.78, 5) is 10.1. The molecule has 0 amide bonds. The fraction of sp³-hybridized carbons (Fsp3) is 0.250. The zero-order valence-electron chi connectivity index (χ0n) is 9.85. The summed E-state index contributed by atoms with van der Waals surface area (Å²) in [5, 5.41) is 24.5. The third-order valence-electron chi connectivity index (χ3n) is 2.64. The Labute approximate surface area is 104 Å². The molecule has 1 aromatic carbocycles. The number of aromatic nitrogens is 2. The molecule has 0 spiro atoms. The lowest BCUT2D eigenvalue weighted by atomic mass is 10.1. The summed E-state index contributed by atoms with van der Waals surface area (Å²) in [7, 11) is 0. The summed E-state index contributed by atoms with van der Waals surface area (Å²) in [6.45, 7) is 1.81. The van der Waals surface area contributed by atoms with Crippen LogP contribution in [0.3, 0.4) is 0 Å². The standard InChI is InChI=1S/C12H13N3O3/c1-9-7-14(13-12(9)15(17)18)8-11(16)10-5-3-2-4-6-10/h2-7,11,16H,8H2,1H3. The Kier molecular flexibility index (Phi) is 3.38. The van der Waals surface area contributed by atoms with Gasteiger partial charge in [0.05, 0.1) is 23.4 Å². The van der Waals surface area contributed by atoms with Crippen LogP contribution in [0.4, 0.5) is 5.82 Å². The van der Waals surface area contributed by atoms with E-state index in [1.807, 2.05) is 18.2 Å². The van der Waals surface area contributed by atoms with Gasteiger partial charge in [0.2, 0.25) is 0 Å². The first-order chi connectivity index (χ1) is 8.58. The van der Waals surface area contributed by atoms with Gasteiger partial charge in [0, 0.05) is 0 Å². The SMILES string of the molecule is Cc1cn(CC(O)c2ccccc2)nc1[N+](=O)[O-]. The van der Waals surface area contributed by atoms with E-state index in [0.29, 0.717) is 5.56 Å². The summed E-state index contributed by atoms with van der Waals surface area (Å²) >= 11 is 0. The first-order valence-corrected chi connectivity index (χ1v) is 5.49. The number of benzene rings is 1. The van der Waals surface area contributed by atoms with E-state index in [1.165, 1.54) is 4.68 Å². The predicted octanol–water partition coefficient (Wildman–Crippen LogP) is 1.83. The molecular weight excluding hydrogens is 234 g/mol. The second-order valence-electron chi connectivity index (χ2n) is 4.04. The molecule has 1 unspecified atom stereocenters. The molecule has 0 bridgehead atoms. The second-order valence-corrected chi connectivity index (χ2v) is 4.04. The Morgan fingerprint density at radius 1 is 1.44 bits per heavy atom. The predicted molar refractivity (Wildman–Crippen MR) is 65.0 cm³/mol. The van der Waals surface area contributed by atoms with E-state index in [4.69, 9.17) is 0 Å². The first kappa shape index (κ1) is 12.3. The summed E-state index contributed by atoms with van der Waals surface area (Å²) in [5.74, 6) is -0.171. The van der Waals surface area contributed by atoms with E-state index in [1.54, 1.807) is 25.3 Å². The van der Waals surface area contributed by atoms with Crippen molar-refractivity contribution in [3.8, 4) is 0 Å². The number of hydrogen-bond donors (Lipinski definition) is 1. The van der Waals surface area contributed by atoms with Gasteiger partial charge in [-0.15, -0.1) is 0 Å². The molecule has 0 saturated carbocycles. The summed E-state index contributed by atoms with van der Waals surface area (Å²) in [5.41, 5.74) is 1.24. The highest BCUT2D eigenvalue weighted by Crippen LogP contribution is 2.18. The fourth-order valence-electron chi connectivity index (χ4n) is 1.74. The maximum Gasteiger partial charge on any atom is 0.392 e. The van der Waals surface area contributed by atoms with E-state index in [9.17, 15) is 15.2 Å². The van der Waals surface area contributed by atoms with Crippen LogP contribution in [0, 0.1) is 17.0 Å². The Balaban J connectivity index is 2.15. The van der Waals surface area contributed by atoms with Gasteiger partial charge in [0.15, 0.2) is 0 Å². The number of aryl methyl sites for hydroxylation is 1.